The van der Waals surface area contributed by atoms with Gasteiger partial charge in [0.15, 0.2) is 0 Å². The Morgan fingerprint density at radius 3 is 0.817 bits per heavy atom. The molecule has 0 saturated heterocycles. The van der Waals surface area contributed by atoms with E-state index in [1.54, 1.807) is 0 Å². The van der Waals surface area contributed by atoms with Crippen molar-refractivity contribution in [2.75, 3.05) is 13.2 Å². The third-order valence-electron chi connectivity index (χ3n) is 20.5. The number of hydrogen-bond acceptors (Lipinski definition) is 5. The molecule has 2 unspecified atom stereocenters. The van der Waals surface area contributed by atoms with Gasteiger partial charge in [-0.1, -0.05) is 449 Å². The lowest BCUT2D eigenvalue weighted by Crippen LogP contribution is -2.45. The zero-order valence-corrected chi connectivity index (χ0v) is 63.5. The minimum Gasteiger partial charge on any atom is -0.466 e. The molecule has 0 aliphatic carbocycles. The molecule has 0 heterocycles. The highest BCUT2D eigenvalue weighted by Crippen LogP contribution is 2.21. The largest absolute Gasteiger partial charge is 0.466 e. The van der Waals surface area contributed by atoms with Crippen LogP contribution in [0.4, 0.5) is 0 Å². The van der Waals surface area contributed by atoms with Crippen molar-refractivity contribution in [3.05, 3.63) is 24.3 Å². The summed E-state index contributed by atoms with van der Waals surface area (Å²) < 4.78 is 5.52. The van der Waals surface area contributed by atoms with Crippen LogP contribution in [0, 0.1) is 0 Å². The van der Waals surface area contributed by atoms with Gasteiger partial charge in [-0.2, -0.15) is 0 Å². The number of nitrogens with one attached hydrogen (secondary N) is 1. The smallest absolute Gasteiger partial charge is 0.305 e. The number of amides is 1. The Hall–Kier alpha value is -1.66. The Bertz CT molecular complexity index is 1460. The number of carbonyl (C=O) groups excluding carboxylic acids is 2. The summed E-state index contributed by atoms with van der Waals surface area (Å²) in [6, 6.07) is -0.540. The van der Waals surface area contributed by atoms with Crippen LogP contribution in [-0.2, 0) is 14.3 Å². The summed E-state index contributed by atoms with van der Waals surface area (Å²) >= 11 is 0. The van der Waals surface area contributed by atoms with E-state index in [2.05, 4.69) is 43.5 Å². The van der Waals surface area contributed by atoms with Crippen LogP contribution in [0.5, 0.6) is 0 Å². The van der Waals surface area contributed by atoms with E-state index in [4.69, 9.17) is 4.74 Å². The molecule has 3 N–H and O–H groups in total. The van der Waals surface area contributed by atoms with Crippen LogP contribution < -0.4 is 5.32 Å². The summed E-state index contributed by atoms with van der Waals surface area (Å²) in [5, 5.41) is 23.4. The Kier molecular flexibility index (Phi) is 81.3. The fraction of sp³-hybridized carbons (Fsp3) is 0.931. The first-order chi connectivity index (χ1) is 46.0. The predicted molar refractivity (Wildman–Crippen MR) is 412 cm³/mol. The van der Waals surface area contributed by atoms with Crippen molar-refractivity contribution >= 4 is 11.9 Å². The Labute approximate surface area is 583 Å². The average molecular weight is 1310 g/mol. The van der Waals surface area contributed by atoms with Crippen molar-refractivity contribution in [2.24, 2.45) is 0 Å². The van der Waals surface area contributed by atoms with Crippen molar-refractivity contribution in [1.82, 2.24) is 5.32 Å². The van der Waals surface area contributed by atoms with Crippen LogP contribution >= 0.6 is 0 Å². The van der Waals surface area contributed by atoms with Crippen LogP contribution in [0.1, 0.15) is 495 Å². The molecule has 0 spiro atoms. The molecule has 0 fully saturated rings. The number of rotatable bonds is 82. The number of esters is 1. The van der Waals surface area contributed by atoms with Gasteiger partial charge in [0, 0.05) is 12.8 Å². The van der Waals surface area contributed by atoms with Crippen LogP contribution in [0.15, 0.2) is 24.3 Å². The fourth-order valence-electron chi connectivity index (χ4n) is 14.0. The van der Waals surface area contributed by atoms with Crippen LogP contribution in [0.25, 0.3) is 0 Å². The summed E-state index contributed by atoms with van der Waals surface area (Å²) in [4.78, 5) is 24.7. The van der Waals surface area contributed by atoms with E-state index in [0.29, 0.717) is 25.9 Å². The van der Waals surface area contributed by atoms with Crippen molar-refractivity contribution in [3.8, 4) is 0 Å². The molecule has 6 heteroatoms. The summed E-state index contributed by atoms with van der Waals surface area (Å²) in [5.74, 6) is -0.000738. The van der Waals surface area contributed by atoms with E-state index in [0.717, 1.165) is 44.9 Å². The maximum Gasteiger partial charge on any atom is 0.305 e. The number of ether oxygens (including phenoxy) is 1. The lowest BCUT2D eigenvalue weighted by atomic mass is 10.0. The number of hydrogen-bond donors (Lipinski definition) is 3. The van der Waals surface area contributed by atoms with Gasteiger partial charge in [-0.25, -0.2) is 0 Å². The van der Waals surface area contributed by atoms with E-state index in [1.807, 2.05) is 0 Å². The molecule has 0 bridgehead atoms. The second-order valence-corrected chi connectivity index (χ2v) is 29.9. The number of aliphatic hydroxyl groups excluding tert-OH is 2. The minimum absolute atomic E-state index is 0.0259. The highest BCUT2D eigenvalue weighted by molar-refractivity contribution is 5.76. The maximum absolute atomic E-state index is 12.6. The molecule has 6 nitrogen and oxygen atoms in total. The van der Waals surface area contributed by atoms with E-state index in [-0.39, 0.29) is 18.5 Å². The van der Waals surface area contributed by atoms with Gasteiger partial charge in [0.25, 0.3) is 0 Å². The third-order valence-corrected chi connectivity index (χ3v) is 20.5. The number of unbranched alkanes of at least 4 members (excludes halogenated alkanes) is 67. The number of carbonyl (C=O) groups is 2. The molecule has 93 heavy (non-hydrogen) atoms. The van der Waals surface area contributed by atoms with Gasteiger partial charge in [-0.05, 0) is 57.8 Å². The van der Waals surface area contributed by atoms with Crippen molar-refractivity contribution in [3.63, 3.8) is 0 Å². The fourth-order valence-corrected chi connectivity index (χ4v) is 14.0. The normalized spacial score (nSPS) is 12.5. The van der Waals surface area contributed by atoms with Crippen molar-refractivity contribution in [1.29, 1.82) is 0 Å². The molecule has 0 saturated carbocycles. The van der Waals surface area contributed by atoms with Crippen molar-refractivity contribution < 1.29 is 24.5 Å². The summed E-state index contributed by atoms with van der Waals surface area (Å²) in [7, 11) is 0. The Morgan fingerprint density at radius 2 is 0.538 bits per heavy atom. The summed E-state index contributed by atoms with van der Waals surface area (Å²) in [6.45, 7) is 5.02. The molecular formula is C87H169NO5. The first kappa shape index (κ1) is 91.3. The highest BCUT2D eigenvalue weighted by Gasteiger charge is 2.20. The predicted octanol–water partition coefficient (Wildman–Crippen LogP) is 28.8. The van der Waals surface area contributed by atoms with Gasteiger partial charge < -0.3 is 20.3 Å². The molecule has 0 aromatic rings. The molecule has 0 aromatic heterocycles. The molecule has 1 amide bonds. The van der Waals surface area contributed by atoms with Crippen LogP contribution in [0.2, 0.25) is 0 Å². The SMILES string of the molecule is CCCCCCCCCCCCCCCCCCCCCC(O)C(CO)NC(=O)CCCCCCCCCCCCCCCCCCC/C=C\C/C=C\CCCCCCCCCCCCCCCCCOC(=O)CCCCCCCCCCCCCCCCCCCC. The molecule has 0 aliphatic rings. The first-order valence-electron chi connectivity index (χ1n) is 43.1. The zero-order chi connectivity index (χ0) is 67.0. The molecule has 2 atom stereocenters. The quantitative estimate of drug-likeness (QED) is 0.0320. The Balaban J connectivity index is 3.34. The van der Waals surface area contributed by atoms with Crippen LogP contribution in [0.3, 0.4) is 0 Å². The van der Waals surface area contributed by atoms with Gasteiger partial charge in [0.2, 0.25) is 5.91 Å². The number of allylic oxidation sites excluding steroid dienone is 4. The number of aliphatic hydroxyl groups is 2. The van der Waals surface area contributed by atoms with E-state index < -0.39 is 12.1 Å². The van der Waals surface area contributed by atoms with Gasteiger partial charge in [-0.15, -0.1) is 0 Å². The van der Waals surface area contributed by atoms with Gasteiger partial charge in [-0.3, -0.25) is 9.59 Å². The molecule has 0 radical (unpaired) electrons. The molecule has 0 aliphatic heterocycles. The van der Waals surface area contributed by atoms with Crippen molar-refractivity contribution in [2.45, 2.75) is 508 Å². The standard InChI is InChI=1S/C87H169NO5/c1-3-5-7-9-11-13-15-17-19-21-44-47-51-55-59-63-67-71-75-79-85(90)84(83-89)88-86(91)80-76-72-68-64-60-56-52-48-45-42-40-38-36-34-32-30-28-26-24-23-25-27-29-31-33-35-37-39-41-43-46-50-54-58-62-66-70-74-78-82-93-87(92)81-77-73-69-65-61-57-53-49-22-20-18-16-14-12-10-8-6-4-2/h23-24,27,29,84-85,89-90H,3-22,25-26,28,30-83H2,1-2H3,(H,88,91)/b24-23-,29-27-. The summed E-state index contributed by atoms with van der Waals surface area (Å²) in [6.07, 6.45) is 107. The second kappa shape index (κ2) is 82.8. The van der Waals surface area contributed by atoms with E-state index in [1.165, 1.54) is 417 Å². The lowest BCUT2D eigenvalue weighted by molar-refractivity contribution is -0.143. The zero-order valence-electron chi connectivity index (χ0n) is 63.5. The van der Waals surface area contributed by atoms with E-state index in [9.17, 15) is 19.8 Å². The Morgan fingerprint density at radius 1 is 0.301 bits per heavy atom. The molecule has 0 rings (SSSR count). The second-order valence-electron chi connectivity index (χ2n) is 29.9. The summed E-state index contributed by atoms with van der Waals surface area (Å²) in [5.41, 5.74) is 0. The monoisotopic (exact) mass is 1310 g/mol. The van der Waals surface area contributed by atoms with Gasteiger partial charge in [0.1, 0.15) is 0 Å². The topological polar surface area (TPSA) is 95.9 Å². The lowest BCUT2D eigenvalue weighted by Gasteiger charge is -2.22. The average Bonchev–Trinajstić information content (AvgIpc) is 3.78. The molecule has 0 aromatic carbocycles. The molecule has 552 valence electrons. The third kappa shape index (κ3) is 79.2. The van der Waals surface area contributed by atoms with Gasteiger partial charge in [0.05, 0.1) is 25.4 Å². The van der Waals surface area contributed by atoms with Gasteiger partial charge >= 0.3 is 5.97 Å². The van der Waals surface area contributed by atoms with E-state index >= 15 is 0 Å². The first-order valence-corrected chi connectivity index (χ1v) is 43.1. The highest BCUT2D eigenvalue weighted by atomic mass is 16.5. The minimum atomic E-state index is -0.663. The maximum atomic E-state index is 12.6. The molecular weight excluding hydrogens is 1140 g/mol. The van der Waals surface area contributed by atoms with Crippen LogP contribution in [-0.4, -0.2) is 47.4 Å².